The van der Waals surface area contributed by atoms with Crippen molar-refractivity contribution in [3.63, 3.8) is 0 Å². The molecule has 18 heavy (non-hydrogen) atoms. The second kappa shape index (κ2) is 4.53. The predicted molar refractivity (Wildman–Crippen MR) is 70.1 cm³/mol. The van der Waals surface area contributed by atoms with E-state index in [-0.39, 0.29) is 6.04 Å². The van der Waals surface area contributed by atoms with Gasteiger partial charge in [0, 0.05) is 12.6 Å². The van der Waals surface area contributed by atoms with Gasteiger partial charge in [-0.3, -0.25) is 0 Å². The molecule has 0 saturated carbocycles. The van der Waals surface area contributed by atoms with Crippen molar-refractivity contribution in [1.29, 1.82) is 0 Å². The Bertz CT molecular complexity index is 544. The molecule has 0 aliphatic carbocycles. The Hall–Kier alpha value is -1.68. The molecule has 0 fully saturated rings. The molecule has 0 bridgehead atoms. The summed E-state index contributed by atoms with van der Waals surface area (Å²) in [7, 11) is 0. The molecule has 1 aliphatic rings. The average molecular weight is 242 g/mol. The summed E-state index contributed by atoms with van der Waals surface area (Å²) >= 11 is 0. The minimum atomic E-state index is 0.268. The van der Waals surface area contributed by atoms with E-state index >= 15 is 0 Å². The summed E-state index contributed by atoms with van der Waals surface area (Å²) in [5.74, 6) is 1.04. The van der Waals surface area contributed by atoms with Crippen molar-refractivity contribution in [1.82, 2.24) is 20.1 Å². The number of benzene rings is 1. The molecule has 0 unspecified atom stereocenters. The van der Waals surface area contributed by atoms with Crippen molar-refractivity contribution in [3.8, 4) is 0 Å². The van der Waals surface area contributed by atoms with Crippen molar-refractivity contribution in [2.75, 3.05) is 0 Å². The summed E-state index contributed by atoms with van der Waals surface area (Å²) in [6.07, 6.45) is 2.81. The highest BCUT2D eigenvalue weighted by Gasteiger charge is 2.23. The van der Waals surface area contributed by atoms with Gasteiger partial charge in [0.25, 0.3) is 0 Å². The lowest BCUT2D eigenvalue weighted by Crippen LogP contribution is -2.31. The first kappa shape index (κ1) is 11.4. The minimum absolute atomic E-state index is 0.268. The van der Waals surface area contributed by atoms with Gasteiger partial charge in [0.05, 0.1) is 6.04 Å². The number of rotatable bonds is 2. The Labute approximate surface area is 107 Å². The van der Waals surface area contributed by atoms with Crippen molar-refractivity contribution in [2.24, 2.45) is 0 Å². The van der Waals surface area contributed by atoms with Gasteiger partial charge in [0.15, 0.2) is 5.82 Å². The number of nitrogens with zero attached hydrogens (tertiary/aromatic N) is 3. The molecule has 4 heteroatoms. The SMILES string of the molecule is CC(C)n1cnnc1[C@H]1Cc2ccccc2CN1. The number of hydrogen-bond acceptors (Lipinski definition) is 3. The zero-order valence-corrected chi connectivity index (χ0v) is 10.8. The van der Waals surface area contributed by atoms with E-state index in [1.807, 2.05) is 6.33 Å². The minimum Gasteiger partial charge on any atom is -0.314 e. The number of fused-ring (bicyclic) bond motifs is 1. The summed E-state index contributed by atoms with van der Waals surface area (Å²) in [6.45, 7) is 5.22. The fourth-order valence-corrected chi connectivity index (χ4v) is 2.54. The molecule has 2 heterocycles. The highest BCUT2D eigenvalue weighted by atomic mass is 15.3. The smallest absolute Gasteiger partial charge is 0.150 e. The lowest BCUT2D eigenvalue weighted by Gasteiger charge is -2.26. The third-order valence-corrected chi connectivity index (χ3v) is 3.55. The number of aromatic nitrogens is 3. The fourth-order valence-electron chi connectivity index (χ4n) is 2.54. The van der Waals surface area contributed by atoms with Gasteiger partial charge in [-0.2, -0.15) is 0 Å². The van der Waals surface area contributed by atoms with E-state index in [4.69, 9.17) is 0 Å². The monoisotopic (exact) mass is 242 g/mol. The van der Waals surface area contributed by atoms with Gasteiger partial charge < -0.3 is 9.88 Å². The Balaban J connectivity index is 1.90. The lowest BCUT2D eigenvalue weighted by molar-refractivity contribution is 0.438. The first-order valence-corrected chi connectivity index (χ1v) is 6.45. The van der Waals surface area contributed by atoms with E-state index in [0.29, 0.717) is 6.04 Å². The van der Waals surface area contributed by atoms with Crippen LogP contribution in [0.3, 0.4) is 0 Å². The standard InChI is InChI=1S/C14H18N4/c1-10(2)18-9-16-17-14(18)13-7-11-5-3-4-6-12(11)8-15-13/h3-6,9-10,13,15H,7-8H2,1-2H3/t13-/m1/s1. The molecule has 0 spiro atoms. The molecular formula is C14H18N4. The van der Waals surface area contributed by atoms with Crippen LogP contribution in [0.5, 0.6) is 0 Å². The van der Waals surface area contributed by atoms with Gasteiger partial charge in [-0.25, -0.2) is 0 Å². The van der Waals surface area contributed by atoms with Crippen LogP contribution >= 0.6 is 0 Å². The molecule has 1 N–H and O–H groups in total. The van der Waals surface area contributed by atoms with Crippen molar-refractivity contribution < 1.29 is 0 Å². The molecule has 0 saturated heterocycles. The maximum atomic E-state index is 4.28. The number of nitrogens with one attached hydrogen (secondary N) is 1. The first-order chi connectivity index (χ1) is 8.75. The van der Waals surface area contributed by atoms with Crippen molar-refractivity contribution in [3.05, 3.63) is 47.5 Å². The Morgan fingerprint density at radius 2 is 2.06 bits per heavy atom. The quantitative estimate of drug-likeness (QED) is 0.878. The second-order valence-corrected chi connectivity index (χ2v) is 5.10. The van der Waals surface area contributed by atoms with E-state index < -0.39 is 0 Å². The topological polar surface area (TPSA) is 42.7 Å². The second-order valence-electron chi connectivity index (χ2n) is 5.10. The normalized spacial score (nSPS) is 18.9. The maximum absolute atomic E-state index is 4.28. The van der Waals surface area contributed by atoms with Crippen LogP contribution in [-0.2, 0) is 13.0 Å². The van der Waals surface area contributed by atoms with Gasteiger partial charge >= 0.3 is 0 Å². The fraction of sp³-hybridized carbons (Fsp3) is 0.429. The highest BCUT2D eigenvalue weighted by molar-refractivity contribution is 5.30. The molecule has 0 amide bonds. The first-order valence-electron chi connectivity index (χ1n) is 6.45. The van der Waals surface area contributed by atoms with E-state index in [1.165, 1.54) is 11.1 Å². The molecule has 1 aromatic carbocycles. The Kier molecular flexibility index (Phi) is 2.88. The van der Waals surface area contributed by atoms with E-state index in [1.54, 1.807) is 0 Å². The van der Waals surface area contributed by atoms with Gasteiger partial charge in [-0.1, -0.05) is 24.3 Å². The van der Waals surface area contributed by atoms with Crippen molar-refractivity contribution in [2.45, 2.75) is 38.9 Å². The summed E-state index contributed by atoms with van der Waals surface area (Å²) in [5, 5.41) is 11.9. The highest BCUT2D eigenvalue weighted by Crippen LogP contribution is 2.25. The molecule has 1 aliphatic heterocycles. The van der Waals surface area contributed by atoms with Crippen LogP contribution in [0, 0.1) is 0 Å². The summed E-state index contributed by atoms with van der Waals surface area (Å²) in [5.41, 5.74) is 2.81. The molecule has 1 atom stereocenters. The van der Waals surface area contributed by atoms with Crippen LogP contribution < -0.4 is 5.32 Å². The van der Waals surface area contributed by atoms with Gasteiger partial charge in [-0.05, 0) is 31.4 Å². The third kappa shape index (κ3) is 1.93. The summed E-state index contributed by atoms with van der Waals surface area (Å²) in [6, 6.07) is 9.26. The van der Waals surface area contributed by atoms with E-state index in [2.05, 4.69) is 58.2 Å². The van der Waals surface area contributed by atoms with Crippen LogP contribution in [0.4, 0.5) is 0 Å². The third-order valence-electron chi connectivity index (χ3n) is 3.55. The van der Waals surface area contributed by atoms with Crippen LogP contribution in [0.1, 0.15) is 42.9 Å². The van der Waals surface area contributed by atoms with E-state index in [0.717, 1.165) is 18.8 Å². The molecule has 0 radical (unpaired) electrons. The molecular weight excluding hydrogens is 224 g/mol. The van der Waals surface area contributed by atoms with Crippen LogP contribution in [0.15, 0.2) is 30.6 Å². The largest absolute Gasteiger partial charge is 0.314 e. The summed E-state index contributed by atoms with van der Waals surface area (Å²) in [4.78, 5) is 0. The van der Waals surface area contributed by atoms with Crippen molar-refractivity contribution >= 4 is 0 Å². The van der Waals surface area contributed by atoms with Crippen LogP contribution in [-0.4, -0.2) is 14.8 Å². The molecule has 2 aromatic rings. The number of hydrogen-bond donors (Lipinski definition) is 1. The van der Waals surface area contributed by atoms with E-state index in [9.17, 15) is 0 Å². The molecule has 1 aromatic heterocycles. The Morgan fingerprint density at radius 3 is 2.83 bits per heavy atom. The lowest BCUT2D eigenvalue weighted by atomic mass is 9.95. The Morgan fingerprint density at radius 1 is 1.28 bits per heavy atom. The zero-order valence-electron chi connectivity index (χ0n) is 10.8. The van der Waals surface area contributed by atoms with Gasteiger partial charge in [0.2, 0.25) is 0 Å². The summed E-state index contributed by atoms with van der Waals surface area (Å²) < 4.78 is 2.14. The predicted octanol–water partition coefficient (Wildman–Crippen LogP) is 2.25. The molecule has 94 valence electrons. The van der Waals surface area contributed by atoms with Crippen LogP contribution in [0.2, 0.25) is 0 Å². The molecule has 3 rings (SSSR count). The van der Waals surface area contributed by atoms with Crippen LogP contribution in [0.25, 0.3) is 0 Å². The van der Waals surface area contributed by atoms with Gasteiger partial charge in [-0.15, -0.1) is 10.2 Å². The average Bonchev–Trinajstić information content (AvgIpc) is 2.87. The zero-order chi connectivity index (χ0) is 12.5. The van der Waals surface area contributed by atoms with Gasteiger partial charge in [0.1, 0.15) is 6.33 Å². The molecule has 4 nitrogen and oxygen atoms in total. The maximum Gasteiger partial charge on any atom is 0.150 e.